The first-order valence-electron chi connectivity index (χ1n) is 6.83. The topological polar surface area (TPSA) is 92.9 Å². The lowest BCUT2D eigenvalue weighted by molar-refractivity contribution is -0.384. The monoisotopic (exact) mass is 294 g/mol. The van der Waals surface area contributed by atoms with Crippen LogP contribution >= 0.6 is 0 Å². The lowest BCUT2D eigenvalue weighted by Crippen LogP contribution is -2.38. The van der Waals surface area contributed by atoms with Gasteiger partial charge in [-0.15, -0.1) is 0 Å². The average molecular weight is 294 g/mol. The van der Waals surface area contributed by atoms with Crippen molar-refractivity contribution < 1.29 is 19.6 Å². The maximum Gasteiger partial charge on any atom is 0.323 e. The van der Waals surface area contributed by atoms with E-state index in [2.05, 4.69) is 0 Å². The van der Waals surface area contributed by atoms with Crippen molar-refractivity contribution in [3.05, 3.63) is 28.3 Å². The van der Waals surface area contributed by atoms with Gasteiger partial charge in [0.05, 0.1) is 12.0 Å². The van der Waals surface area contributed by atoms with Crippen molar-refractivity contribution in [3.8, 4) is 5.75 Å². The summed E-state index contributed by atoms with van der Waals surface area (Å²) in [4.78, 5) is 23.5. The molecule has 0 unspecified atom stereocenters. The van der Waals surface area contributed by atoms with Crippen LogP contribution in [-0.4, -0.2) is 35.7 Å². The summed E-state index contributed by atoms with van der Waals surface area (Å²) in [6.45, 7) is -0.251. The summed E-state index contributed by atoms with van der Waals surface area (Å²) in [7, 11) is 1.47. The van der Waals surface area contributed by atoms with Crippen molar-refractivity contribution >= 4 is 17.3 Å². The van der Waals surface area contributed by atoms with E-state index in [1.807, 2.05) is 0 Å². The van der Waals surface area contributed by atoms with E-state index in [4.69, 9.17) is 9.84 Å². The minimum absolute atomic E-state index is 0.0203. The zero-order valence-corrected chi connectivity index (χ0v) is 11.8. The Hall–Kier alpha value is -2.31. The summed E-state index contributed by atoms with van der Waals surface area (Å²) in [5.41, 5.74) is 0.220. The van der Waals surface area contributed by atoms with Gasteiger partial charge >= 0.3 is 5.97 Å². The quantitative estimate of drug-likeness (QED) is 0.640. The number of nitro groups is 1. The van der Waals surface area contributed by atoms with E-state index in [0.717, 1.165) is 25.7 Å². The SMILES string of the molecule is COc1ccc([N+](=O)[O-])c(N(CC(=O)O)C2CCCC2)c1. The van der Waals surface area contributed by atoms with Crippen LogP contribution in [0.1, 0.15) is 25.7 Å². The number of hydrogen-bond acceptors (Lipinski definition) is 5. The Morgan fingerprint density at radius 1 is 1.48 bits per heavy atom. The highest BCUT2D eigenvalue weighted by atomic mass is 16.6. The predicted octanol–water partition coefficient (Wildman–Crippen LogP) is 2.44. The molecule has 0 saturated heterocycles. The third kappa shape index (κ3) is 3.42. The van der Waals surface area contributed by atoms with Crippen LogP contribution in [0.3, 0.4) is 0 Å². The maximum atomic E-state index is 11.2. The molecule has 1 fully saturated rings. The number of carboxylic acid groups (broad SMARTS) is 1. The van der Waals surface area contributed by atoms with Crippen LogP contribution in [0.25, 0.3) is 0 Å². The van der Waals surface area contributed by atoms with Gasteiger partial charge in [-0.2, -0.15) is 0 Å². The number of carbonyl (C=O) groups is 1. The summed E-state index contributed by atoms with van der Waals surface area (Å²) < 4.78 is 5.11. The predicted molar refractivity (Wildman–Crippen MR) is 76.9 cm³/mol. The van der Waals surface area contributed by atoms with Gasteiger partial charge in [-0.05, 0) is 18.9 Å². The number of methoxy groups -OCH3 is 1. The van der Waals surface area contributed by atoms with Crippen molar-refractivity contribution in [1.29, 1.82) is 0 Å². The molecule has 0 atom stereocenters. The summed E-state index contributed by atoms with van der Waals surface area (Å²) in [6, 6.07) is 4.43. The van der Waals surface area contributed by atoms with Gasteiger partial charge in [0.25, 0.3) is 5.69 Å². The number of ether oxygens (including phenoxy) is 1. The molecule has 7 heteroatoms. The second kappa shape index (κ2) is 6.43. The van der Waals surface area contributed by atoms with Gasteiger partial charge in [0.1, 0.15) is 18.0 Å². The first-order valence-corrected chi connectivity index (χ1v) is 6.83. The van der Waals surface area contributed by atoms with Gasteiger partial charge in [0, 0.05) is 18.2 Å². The number of carboxylic acids is 1. The highest BCUT2D eigenvalue weighted by Crippen LogP contribution is 2.36. The van der Waals surface area contributed by atoms with E-state index in [9.17, 15) is 14.9 Å². The lowest BCUT2D eigenvalue weighted by Gasteiger charge is -2.29. The molecule has 1 aliphatic carbocycles. The van der Waals surface area contributed by atoms with Crippen LogP contribution in [0.15, 0.2) is 18.2 Å². The Balaban J connectivity index is 2.45. The summed E-state index contributed by atoms with van der Waals surface area (Å²) >= 11 is 0. The normalized spacial score (nSPS) is 14.9. The number of benzene rings is 1. The van der Waals surface area contributed by atoms with E-state index < -0.39 is 10.9 Å². The van der Waals surface area contributed by atoms with Crippen molar-refractivity contribution in [3.63, 3.8) is 0 Å². The van der Waals surface area contributed by atoms with E-state index in [1.165, 1.54) is 19.2 Å². The Morgan fingerprint density at radius 2 is 2.14 bits per heavy atom. The molecular weight excluding hydrogens is 276 g/mol. The number of nitro benzene ring substituents is 1. The highest BCUT2D eigenvalue weighted by Gasteiger charge is 2.29. The van der Waals surface area contributed by atoms with Crippen LogP contribution in [0.5, 0.6) is 5.75 Å². The Kier molecular flexibility index (Phi) is 4.62. The third-order valence-electron chi connectivity index (χ3n) is 3.76. The number of hydrogen-bond donors (Lipinski definition) is 1. The molecule has 1 N–H and O–H groups in total. The van der Waals surface area contributed by atoms with Crippen molar-refractivity contribution in [2.45, 2.75) is 31.7 Å². The first kappa shape index (κ1) is 15.1. The van der Waals surface area contributed by atoms with Gasteiger partial charge in [0.2, 0.25) is 0 Å². The van der Waals surface area contributed by atoms with Gasteiger partial charge in [-0.3, -0.25) is 14.9 Å². The van der Waals surface area contributed by atoms with Crippen molar-refractivity contribution in [2.24, 2.45) is 0 Å². The number of nitrogens with zero attached hydrogens (tertiary/aromatic N) is 2. The van der Waals surface area contributed by atoms with Gasteiger partial charge in [0.15, 0.2) is 0 Å². The Labute approximate surface area is 122 Å². The molecule has 7 nitrogen and oxygen atoms in total. The molecule has 1 aromatic carbocycles. The number of anilines is 1. The molecule has 0 aromatic heterocycles. The van der Waals surface area contributed by atoms with Gasteiger partial charge < -0.3 is 14.7 Å². The highest BCUT2D eigenvalue weighted by molar-refractivity contribution is 5.77. The zero-order valence-electron chi connectivity index (χ0n) is 11.8. The molecule has 2 rings (SSSR count). The molecule has 1 aliphatic rings. The molecule has 1 aromatic rings. The van der Waals surface area contributed by atoms with Crippen molar-refractivity contribution in [1.82, 2.24) is 0 Å². The standard InChI is InChI=1S/C14H18N2O5/c1-21-11-6-7-12(16(19)20)13(8-11)15(9-14(17)18)10-4-2-3-5-10/h6-8,10H,2-5,9H2,1H3,(H,17,18). The molecule has 0 aliphatic heterocycles. The molecule has 21 heavy (non-hydrogen) atoms. The molecule has 0 heterocycles. The Morgan fingerprint density at radius 3 is 2.67 bits per heavy atom. The van der Waals surface area contributed by atoms with E-state index in [0.29, 0.717) is 11.4 Å². The molecule has 0 bridgehead atoms. The average Bonchev–Trinajstić information content (AvgIpc) is 2.97. The second-order valence-corrected chi connectivity index (χ2v) is 5.07. The summed E-state index contributed by atoms with van der Waals surface area (Å²) in [5.74, 6) is -0.525. The minimum Gasteiger partial charge on any atom is -0.497 e. The van der Waals surface area contributed by atoms with Gasteiger partial charge in [-0.1, -0.05) is 12.8 Å². The van der Waals surface area contributed by atoms with Crippen LogP contribution in [0, 0.1) is 10.1 Å². The molecule has 114 valence electrons. The molecule has 0 spiro atoms. The third-order valence-corrected chi connectivity index (χ3v) is 3.76. The molecule has 0 radical (unpaired) electrons. The largest absolute Gasteiger partial charge is 0.497 e. The summed E-state index contributed by atoms with van der Waals surface area (Å²) in [5, 5.41) is 20.3. The van der Waals surface area contributed by atoms with E-state index in [-0.39, 0.29) is 18.3 Å². The van der Waals surface area contributed by atoms with E-state index >= 15 is 0 Å². The molecule has 1 saturated carbocycles. The number of aliphatic carboxylic acids is 1. The maximum absolute atomic E-state index is 11.2. The van der Waals surface area contributed by atoms with Crippen LogP contribution in [-0.2, 0) is 4.79 Å². The number of rotatable bonds is 6. The Bertz CT molecular complexity index is 540. The fourth-order valence-electron chi connectivity index (χ4n) is 2.79. The molecule has 0 amide bonds. The van der Waals surface area contributed by atoms with Gasteiger partial charge in [-0.25, -0.2) is 0 Å². The summed E-state index contributed by atoms with van der Waals surface area (Å²) in [6.07, 6.45) is 3.72. The lowest BCUT2D eigenvalue weighted by atomic mass is 10.1. The first-order chi connectivity index (χ1) is 10.0. The van der Waals surface area contributed by atoms with E-state index in [1.54, 1.807) is 11.0 Å². The van der Waals surface area contributed by atoms with Crippen LogP contribution < -0.4 is 9.64 Å². The fourth-order valence-corrected chi connectivity index (χ4v) is 2.79. The fraction of sp³-hybridized carbons (Fsp3) is 0.500. The van der Waals surface area contributed by atoms with Crippen LogP contribution in [0.4, 0.5) is 11.4 Å². The van der Waals surface area contributed by atoms with Crippen molar-refractivity contribution in [2.75, 3.05) is 18.6 Å². The second-order valence-electron chi connectivity index (χ2n) is 5.07. The molecular formula is C14H18N2O5. The zero-order chi connectivity index (χ0) is 15.4. The van der Waals surface area contributed by atoms with Crippen LogP contribution in [0.2, 0.25) is 0 Å². The minimum atomic E-state index is -1.00. The smallest absolute Gasteiger partial charge is 0.323 e.